The molecule has 176 valence electrons. The predicted octanol–water partition coefficient (Wildman–Crippen LogP) is 4.70. The number of rotatable bonds is 7. The number of nitro groups is 1. The van der Waals surface area contributed by atoms with Gasteiger partial charge in [-0.05, 0) is 46.2 Å². The molecule has 0 spiro atoms. The van der Waals surface area contributed by atoms with Gasteiger partial charge in [-0.25, -0.2) is 9.97 Å². The first kappa shape index (κ1) is 23.3. The van der Waals surface area contributed by atoms with E-state index >= 15 is 0 Å². The second kappa shape index (κ2) is 8.79. The van der Waals surface area contributed by atoms with Gasteiger partial charge in [-0.3, -0.25) is 15.0 Å². The lowest BCUT2D eigenvalue weighted by atomic mass is 9.86. The highest BCUT2D eigenvalue weighted by molar-refractivity contribution is 6.33. The Bertz CT molecular complexity index is 1220. The van der Waals surface area contributed by atoms with Crippen LogP contribution in [0.5, 0.6) is 5.75 Å². The van der Waals surface area contributed by atoms with Crippen molar-refractivity contribution in [3.05, 3.63) is 50.4 Å². The molecular formula is C23H29ClN6O3. The fourth-order valence-corrected chi connectivity index (χ4v) is 4.99. The lowest BCUT2D eigenvalue weighted by Crippen LogP contribution is -2.48. The van der Waals surface area contributed by atoms with Crippen LogP contribution in [0.25, 0.3) is 11.0 Å². The number of nitrogens with zero attached hydrogens (tertiary/aromatic N) is 5. The second-order valence-corrected chi connectivity index (χ2v) is 9.23. The fraction of sp³-hybridized carbons (Fsp3) is 0.478. The van der Waals surface area contributed by atoms with E-state index in [2.05, 4.69) is 28.7 Å². The molecule has 33 heavy (non-hydrogen) atoms. The summed E-state index contributed by atoms with van der Waals surface area (Å²) in [5.74, 6) is 0.926. The minimum absolute atomic E-state index is 0.0277. The maximum absolute atomic E-state index is 12.0. The summed E-state index contributed by atoms with van der Waals surface area (Å²) in [5.41, 5.74) is 9.04. The molecule has 1 aromatic carbocycles. The topological polar surface area (TPSA) is 112 Å². The molecule has 1 aliphatic heterocycles. The molecule has 1 fully saturated rings. The summed E-state index contributed by atoms with van der Waals surface area (Å²) >= 11 is 6.54. The molecule has 1 saturated heterocycles. The summed E-state index contributed by atoms with van der Waals surface area (Å²) in [7, 11) is 0. The van der Waals surface area contributed by atoms with Crippen LogP contribution >= 0.6 is 11.6 Å². The molecule has 10 heteroatoms. The lowest BCUT2D eigenvalue weighted by molar-refractivity contribution is -0.385. The highest BCUT2D eigenvalue weighted by atomic mass is 35.5. The monoisotopic (exact) mass is 472 g/mol. The Kier molecular flexibility index (Phi) is 6.20. The first-order chi connectivity index (χ1) is 15.6. The van der Waals surface area contributed by atoms with Crippen molar-refractivity contribution in [3.8, 4) is 5.75 Å². The average Bonchev–Trinajstić information content (AvgIpc) is 3.05. The second-order valence-electron chi connectivity index (χ2n) is 8.83. The zero-order chi connectivity index (χ0) is 24.0. The highest BCUT2D eigenvalue weighted by Gasteiger charge is 2.40. The van der Waals surface area contributed by atoms with E-state index in [-0.39, 0.29) is 22.7 Å². The molecule has 3 aromatic rings. The number of nitrogens with two attached hydrogens (primary N) is 1. The molecule has 2 N–H and O–H groups in total. The smallest absolute Gasteiger partial charge is 0.295 e. The molecule has 0 radical (unpaired) electrons. The molecule has 0 aliphatic carbocycles. The number of benzene rings is 1. The highest BCUT2D eigenvalue weighted by Crippen LogP contribution is 2.48. The summed E-state index contributed by atoms with van der Waals surface area (Å²) in [6.45, 7) is 11.9. The SMILES string of the molecule is CCOc1c(C(C)n2cc(C)c3c(N)ncnc32)cc(Cl)c([N+](=O)[O-])c1C1CN(C(C)C)C1. The van der Waals surface area contributed by atoms with Gasteiger partial charge in [0.25, 0.3) is 5.69 Å². The number of nitrogen functional groups attached to an aromatic ring is 1. The maximum atomic E-state index is 12.0. The molecule has 9 nitrogen and oxygen atoms in total. The number of nitro benzene ring substituents is 1. The van der Waals surface area contributed by atoms with E-state index in [1.54, 1.807) is 6.07 Å². The third-order valence-corrected chi connectivity index (χ3v) is 6.77. The summed E-state index contributed by atoms with van der Waals surface area (Å²) in [5, 5.41) is 13.0. The zero-order valence-corrected chi connectivity index (χ0v) is 20.3. The van der Waals surface area contributed by atoms with E-state index in [4.69, 9.17) is 22.1 Å². The van der Waals surface area contributed by atoms with E-state index in [1.807, 2.05) is 31.5 Å². The Balaban J connectivity index is 1.90. The Labute approximate surface area is 197 Å². The van der Waals surface area contributed by atoms with Gasteiger partial charge in [0.1, 0.15) is 28.6 Å². The number of anilines is 1. The average molecular weight is 473 g/mol. The van der Waals surface area contributed by atoms with E-state index in [9.17, 15) is 10.1 Å². The van der Waals surface area contributed by atoms with Gasteiger partial charge in [-0.2, -0.15) is 0 Å². The molecule has 0 bridgehead atoms. The molecule has 3 heterocycles. The molecule has 0 amide bonds. The summed E-state index contributed by atoms with van der Waals surface area (Å²) < 4.78 is 8.09. The third-order valence-electron chi connectivity index (χ3n) is 6.49. The standard InChI is InChI=1S/C23H29ClN6O3/c1-6-33-21-16(14(5)29-8-13(4)18-22(25)26-11-27-23(18)29)7-17(24)20(30(31)32)19(21)15-9-28(10-15)12(2)3/h7-8,11-12,14-15H,6,9-10H2,1-5H3,(H2,25,26,27). The number of aromatic nitrogens is 3. The Hall–Kier alpha value is -2.91. The van der Waals surface area contributed by atoms with Crippen molar-refractivity contribution >= 4 is 34.1 Å². The van der Waals surface area contributed by atoms with Crippen LogP contribution in [0.2, 0.25) is 5.02 Å². The van der Waals surface area contributed by atoms with Crippen LogP contribution in [0.4, 0.5) is 11.5 Å². The molecule has 2 aromatic heterocycles. The van der Waals surface area contributed by atoms with Crippen molar-refractivity contribution in [2.45, 2.75) is 52.6 Å². The summed E-state index contributed by atoms with van der Waals surface area (Å²) in [6.07, 6.45) is 3.40. The minimum atomic E-state index is -0.393. The van der Waals surface area contributed by atoms with Gasteiger partial charge in [0.2, 0.25) is 0 Å². The molecule has 0 saturated carbocycles. The van der Waals surface area contributed by atoms with Crippen molar-refractivity contribution in [1.82, 2.24) is 19.4 Å². The van der Waals surface area contributed by atoms with Gasteiger partial charge in [-0.15, -0.1) is 0 Å². The quantitative estimate of drug-likeness (QED) is 0.391. The molecule has 4 rings (SSSR count). The van der Waals surface area contributed by atoms with Crippen molar-refractivity contribution in [3.63, 3.8) is 0 Å². The van der Waals surface area contributed by atoms with Gasteiger partial charge in [0, 0.05) is 36.8 Å². The van der Waals surface area contributed by atoms with Crippen molar-refractivity contribution < 1.29 is 9.66 Å². The number of hydrogen-bond acceptors (Lipinski definition) is 7. The maximum Gasteiger partial charge on any atom is 0.295 e. The van der Waals surface area contributed by atoms with Gasteiger partial charge < -0.3 is 15.0 Å². The minimum Gasteiger partial charge on any atom is -0.493 e. The Morgan fingerprint density at radius 1 is 1.33 bits per heavy atom. The third kappa shape index (κ3) is 3.89. The lowest BCUT2D eigenvalue weighted by Gasteiger charge is -2.42. The van der Waals surface area contributed by atoms with E-state index in [0.29, 0.717) is 35.4 Å². The predicted molar refractivity (Wildman–Crippen MR) is 129 cm³/mol. The number of hydrogen-bond donors (Lipinski definition) is 1. The molecule has 1 atom stereocenters. The summed E-state index contributed by atoms with van der Waals surface area (Å²) in [4.78, 5) is 22.5. The van der Waals surface area contributed by atoms with Crippen molar-refractivity contribution in [2.75, 3.05) is 25.4 Å². The number of likely N-dealkylation sites (tertiary alicyclic amines) is 1. The Morgan fingerprint density at radius 2 is 2.03 bits per heavy atom. The van der Waals surface area contributed by atoms with E-state index in [0.717, 1.165) is 29.6 Å². The van der Waals surface area contributed by atoms with Crippen molar-refractivity contribution in [1.29, 1.82) is 0 Å². The van der Waals surface area contributed by atoms with Crippen LogP contribution < -0.4 is 10.5 Å². The molecule has 1 unspecified atom stereocenters. The van der Waals surface area contributed by atoms with Crippen LogP contribution in [-0.2, 0) is 0 Å². The normalized spacial score (nSPS) is 15.7. The number of fused-ring (bicyclic) bond motifs is 1. The number of halogens is 1. The largest absolute Gasteiger partial charge is 0.493 e. The number of ether oxygens (including phenoxy) is 1. The first-order valence-corrected chi connectivity index (χ1v) is 11.5. The van der Waals surface area contributed by atoms with Gasteiger partial charge >= 0.3 is 0 Å². The van der Waals surface area contributed by atoms with Crippen LogP contribution in [0.3, 0.4) is 0 Å². The van der Waals surface area contributed by atoms with Crippen LogP contribution in [0, 0.1) is 17.0 Å². The van der Waals surface area contributed by atoms with Gasteiger partial charge in [0.15, 0.2) is 0 Å². The van der Waals surface area contributed by atoms with Crippen LogP contribution in [0.1, 0.15) is 56.3 Å². The van der Waals surface area contributed by atoms with Crippen LogP contribution in [-0.4, -0.2) is 50.1 Å². The fourth-order valence-electron chi connectivity index (χ4n) is 4.70. The van der Waals surface area contributed by atoms with Gasteiger partial charge in [-0.1, -0.05) is 11.6 Å². The Morgan fingerprint density at radius 3 is 2.64 bits per heavy atom. The molecule has 1 aliphatic rings. The van der Waals surface area contributed by atoms with E-state index < -0.39 is 4.92 Å². The molecular weight excluding hydrogens is 444 g/mol. The zero-order valence-electron chi connectivity index (χ0n) is 19.5. The van der Waals surface area contributed by atoms with Gasteiger partial charge in [0.05, 0.1) is 28.5 Å². The van der Waals surface area contributed by atoms with Crippen LogP contribution in [0.15, 0.2) is 18.6 Å². The van der Waals surface area contributed by atoms with Crippen molar-refractivity contribution in [2.24, 2.45) is 0 Å². The first-order valence-electron chi connectivity index (χ1n) is 11.1. The summed E-state index contributed by atoms with van der Waals surface area (Å²) in [6, 6.07) is 1.77. The number of aryl methyl sites for hydroxylation is 1. The van der Waals surface area contributed by atoms with E-state index in [1.165, 1.54) is 6.33 Å².